The van der Waals surface area contributed by atoms with Crippen LogP contribution in [0.1, 0.15) is 25.0 Å². The van der Waals surface area contributed by atoms with Crippen molar-refractivity contribution in [3.8, 4) is 0 Å². The lowest BCUT2D eigenvalue weighted by atomic mass is 10.1. The zero-order chi connectivity index (χ0) is 18.3. The molecule has 0 radical (unpaired) electrons. The van der Waals surface area contributed by atoms with Crippen LogP contribution in [0.15, 0.2) is 29.3 Å². The number of guanidine groups is 1. The molecule has 7 heteroatoms. The second-order valence-corrected chi connectivity index (χ2v) is 5.38. The first kappa shape index (κ1) is 21.3. The van der Waals surface area contributed by atoms with Crippen molar-refractivity contribution in [2.75, 3.05) is 53.7 Å². The molecule has 6 nitrogen and oxygen atoms in total. The molecule has 142 valence electrons. The summed E-state index contributed by atoms with van der Waals surface area (Å²) in [7, 11) is 3.28. The normalized spacial score (nSPS) is 12.9. The Bertz CT molecular complexity index is 483. The number of aliphatic imine (C=N–C) groups is 1. The Balaban J connectivity index is 2.43. The predicted octanol–water partition coefficient (Wildman–Crippen LogP) is 2.12. The molecular weight excluding hydrogens is 325 g/mol. The molecular formula is C18H30FN3O3. The van der Waals surface area contributed by atoms with Gasteiger partial charge in [0.05, 0.1) is 19.8 Å². The predicted molar refractivity (Wildman–Crippen MR) is 97.4 cm³/mol. The van der Waals surface area contributed by atoms with Crippen molar-refractivity contribution in [1.29, 1.82) is 0 Å². The lowest BCUT2D eigenvalue weighted by Crippen LogP contribution is -2.38. The summed E-state index contributed by atoms with van der Waals surface area (Å²) in [5.74, 6) is 0.466. The molecule has 25 heavy (non-hydrogen) atoms. The number of hydrogen-bond acceptors (Lipinski definition) is 4. The molecule has 0 heterocycles. The van der Waals surface area contributed by atoms with Crippen molar-refractivity contribution in [3.05, 3.63) is 35.6 Å². The fourth-order valence-electron chi connectivity index (χ4n) is 2.13. The van der Waals surface area contributed by atoms with Crippen molar-refractivity contribution in [2.24, 2.45) is 4.99 Å². The summed E-state index contributed by atoms with van der Waals surface area (Å²) in [6, 6.07) is 6.30. The molecule has 1 unspecified atom stereocenters. The lowest BCUT2D eigenvalue weighted by Gasteiger charge is -2.16. The van der Waals surface area contributed by atoms with E-state index in [0.717, 1.165) is 31.0 Å². The Morgan fingerprint density at radius 1 is 1.12 bits per heavy atom. The summed E-state index contributed by atoms with van der Waals surface area (Å²) in [6.45, 7) is 5.88. The van der Waals surface area contributed by atoms with Crippen LogP contribution in [-0.4, -0.2) is 59.6 Å². The maximum absolute atomic E-state index is 13.0. The van der Waals surface area contributed by atoms with Crippen molar-refractivity contribution in [3.63, 3.8) is 0 Å². The maximum atomic E-state index is 13.0. The molecule has 0 aliphatic heterocycles. The Morgan fingerprint density at radius 3 is 2.52 bits per heavy atom. The molecule has 1 aromatic rings. The molecule has 0 bridgehead atoms. The second kappa shape index (κ2) is 13.6. The number of ether oxygens (including phenoxy) is 3. The minimum atomic E-state index is -0.259. The summed E-state index contributed by atoms with van der Waals surface area (Å²) in [6.07, 6.45) is 0.660. The van der Waals surface area contributed by atoms with Gasteiger partial charge in [-0.05, 0) is 31.0 Å². The van der Waals surface area contributed by atoms with E-state index in [1.54, 1.807) is 26.4 Å². The van der Waals surface area contributed by atoms with Gasteiger partial charge in [0.1, 0.15) is 11.9 Å². The van der Waals surface area contributed by atoms with Crippen LogP contribution in [0.5, 0.6) is 0 Å². The molecule has 0 saturated heterocycles. The van der Waals surface area contributed by atoms with Gasteiger partial charge in [-0.15, -0.1) is 0 Å². The van der Waals surface area contributed by atoms with Crippen molar-refractivity contribution < 1.29 is 18.6 Å². The number of nitrogens with one attached hydrogen (secondary N) is 2. The van der Waals surface area contributed by atoms with Crippen LogP contribution in [0.25, 0.3) is 0 Å². The molecule has 0 amide bonds. The average Bonchev–Trinajstić information content (AvgIpc) is 2.62. The third kappa shape index (κ3) is 9.38. The number of rotatable bonds is 12. The molecule has 2 N–H and O–H groups in total. The van der Waals surface area contributed by atoms with E-state index in [4.69, 9.17) is 14.2 Å². The van der Waals surface area contributed by atoms with Crippen LogP contribution in [0.4, 0.5) is 4.39 Å². The molecule has 0 fully saturated rings. The Hall–Kier alpha value is -1.70. The van der Waals surface area contributed by atoms with Gasteiger partial charge in [-0.3, -0.25) is 4.99 Å². The monoisotopic (exact) mass is 355 g/mol. The summed E-state index contributed by atoms with van der Waals surface area (Å²) in [4.78, 5) is 4.55. The van der Waals surface area contributed by atoms with Crippen LogP contribution in [0.3, 0.4) is 0 Å². The smallest absolute Gasteiger partial charge is 0.191 e. The number of nitrogens with zero attached hydrogens (tertiary/aromatic N) is 1. The SMILES string of the molecule is CCNC(=NCC(OC)c1ccc(F)cc1)NCCCOCCOC. The number of methoxy groups -OCH3 is 2. The van der Waals surface area contributed by atoms with Gasteiger partial charge in [0.2, 0.25) is 0 Å². The highest BCUT2D eigenvalue weighted by molar-refractivity contribution is 5.79. The Kier molecular flexibility index (Phi) is 11.6. The molecule has 0 aliphatic carbocycles. The minimum absolute atomic E-state index is 0.214. The van der Waals surface area contributed by atoms with Crippen LogP contribution in [0.2, 0.25) is 0 Å². The summed E-state index contributed by atoms with van der Waals surface area (Å²) < 4.78 is 28.8. The van der Waals surface area contributed by atoms with Crippen LogP contribution < -0.4 is 10.6 Å². The maximum Gasteiger partial charge on any atom is 0.191 e. The van der Waals surface area contributed by atoms with Gasteiger partial charge in [-0.2, -0.15) is 0 Å². The number of halogens is 1. The van der Waals surface area contributed by atoms with Gasteiger partial charge >= 0.3 is 0 Å². The van der Waals surface area contributed by atoms with E-state index in [-0.39, 0.29) is 11.9 Å². The van der Waals surface area contributed by atoms with E-state index in [1.165, 1.54) is 12.1 Å². The molecule has 1 rings (SSSR count). The van der Waals surface area contributed by atoms with E-state index in [0.29, 0.717) is 26.4 Å². The first-order valence-corrected chi connectivity index (χ1v) is 8.58. The highest BCUT2D eigenvalue weighted by Crippen LogP contribution is 2.17. The molecule has 0 aliphatic rings. The van der Waals surface area contributed by atoms with E-state index >= 15 is 0 Å². The molecule has 0 saturated carbocycles. The van der Waals surface area contributed by atoms with Gasteiger partial charge < -0.3 is 24.8 Å². The van der Waals surface area contributed by atoms with Crippen LogP contribution >= 0.6 is 0 Å². The molecule has 0 spiro atoms. The van der Waals surface area contributed by atoms with Crippen LogP contribution in [-0.2, 0) is 14.2 Å². The fraction of sp³-hybridized carbons (Fsp3) is 0.611. The molecule has 0 aromatic heterocycles. The van der Waals surface area contributed by atoms with Crippen LogP contribution in [0, 0.1) is 5.82 Å². The Morgan fingerprint density at radius 2 is 1.88 bits per heavy atom. The van der Waals surface area contributed by atoms with Gasteiger partial charge in [0.25, 0.3) is 0 Å². The third-order valence-corrected chi connectivity index (χ3v) is 3.48. The zero-order valence-corrected chi connectivity index (χ0v) is 15.4. The topological polar surface area (TPSA) is 64.1 Å². The first-order chi connectivity index (χ1) is 12.2. The Labute approximate surface area is 149 Å². The zero-order valence-electron chi connectivity index (χ0n) is 15.4. The lowest BCUT2D eigenvalue weighted by molar-refractivity contribution is 0.0698. The average molecular weight is 355 g/mol. The molecule has 1 aromatic carbocycles. The van der Waals surface area contributed by atoms with E-state index in [9.17, 15) is 4.39 Å². The van der Waals surface area contributed by atoms with Crippen molar-refractivity contribution >= 4 is 5.96 Å². The van der Waals surface area contributed by atoms with Gasteiger partial charge in [0.15, 0.2) is 5.96 Å². The fourth-order valence-corrected chi connectivity index (χ4v) is 2.13. The molecule has 1 atom stereocenters. The third-order valence-electron chi connectivity index (χ3n) is 3.48. The summed E-state index contributed by atoms with van der Waals surface area (Å²) >= 11 is 0. The largest absolute Gasteiger partial charge is 0.382 e. The van der Waals surface area contributed by atoms with E-state index in [2.05, 4.69) is 15.6 Å². The summed E-state index contributed by atoms with van der Waals surface area (Å²) in [5.41, 5.74) is 0.898. The highest BCUT2D eigenvalue weighted by atomic mass is 19.1. The minimum Gasteiger partial charge on any atom is -0.382 e. The van der Waals surface area contributed by atoms with Gasteiger partial charge in [0, 0.05) is 33.9 Å². The number of benzene rings is 1. The van der Waals surface area contributed by atoms with Gasteiger partial charge in [-0.25, -0.2) is 4.39 Å². The second-order valence-electron chi connectivity index (χ2n) is 5.38. The first-order valence-electron chi connectivity index (χ1n) is 8.58. The van der Waals surface area contributed by atoms with Crippen molar-refractivity contribution in [2.45, 2.75) is 19.4 Å². The quantitative estimate of drug-likeness (QED) is 0.342. The van der Waals surface area contributed by atoms with E-state index < -0.39 is 0 Å². The summed E-state index contributed by atoms with van der Waals surface area (Å²) in [5, 5.41) is 6.46. The van der Waals surface area contributed by atoms with E-state index in [1.807, 2.05) is 6.92 Å². The highest BCUT2D eigenvalue weighted by Gasteiger charge is 2.10. The van der Waals surface area contributed by atoms with Gasteiger partial charge in [-0.1, -0.05) is 12.1 Å². The standard InChI is InChI=1S/C18H30FN3O3/c1-4-20-18(21-10-5-11-25-13-12-23-2)22-14-17(24-3)15-6-8-16(19)9-7-15/h6-9,17H,4-5,10-14H2,1-3H3,(H2,20,21,22). The van der Waals surface area contributed by atoms with Crippen molar-refractivity contribution in [1.82, 2.24) is 10.6 Å². The number of hydrogen-bond donors (Lipinski definition) is 2.